The Morgan fingerprint density at radius 2 is 1.41 bits per heavy atom. The molecular weight excluding hydrogens is 424 g/mol. The van der Waals surface area contributed by atoms with Gasteiger partial charge in [-0.15, -0.1) is 0 Å². The highest BCUT2D eigenvalue weighted by atomic mass is 16.2. The Balaban J connectivity index is 1.55. The second-order valence-corrected chi connectivity index (χ2v) is 8.16. The van der Waals surface area contributed by atoms with Crippen LogP contribution in [0.2, 0.25) is 0 Å². The SMILES string of the molecule is C[C@H](NC(=O)[C@@H](C(=O)Nc1ccc(C(=N)N)cc1)c1ccccc1)c1ccc2ccccc2c1. The lowest BCUT2D eigenvalue weighted by molar-refractivity contribution is -0.129. The van der Waals surface area contributed by atoms with E-state index in [1.807, 2.05) is 49.4 Å². The van der Waals surface area contributed by atoms with Gasteiger partial charge in [0.2, 0.25) is 11.8 Å². The number of benzene rings is 4. The number of carbonyl (C=O) groups is 2. The van der Waals surface area contributed by atoms with Gasteiger partial charge in [-0.05, 0) is 59.2 Å². The van der Waals surface area contributed by atoms with Crippen molar-refractivity contribution in [2.45, 2.75) is 18.9 Å². The third-order valence-electron chi connectivity index (χ3n) is 5.75. The summed E-state index contributed by atoms with van der Waals surface area (Å²) in [6, 6.07) is 29.4. The van der Waals surface area contributed by atoms with Crippen LogP contribution >= 0.6 is 0 Å². The first-order valence-electron chi connectivity index (χ1n) is 11.0. The molecular formula is C28H26N4O2. The Labute approximate surface area is 198 Å². The third-order valence-corrected chi connectivity index (χ3v) is 5.75. The average Bonchev–Trinajstić information content (AvgIpc) is 2.84. The summed E-state index contributed by atoms with van der Waals surface area (Å²) < 4.78 is 0. The molecule has 0 aromatic heterocycles. The standard InChI is InChI=1S/C28H26N4O2/c1-18(22-12-11-19-7-5-6-10-23(19)17-22)31-27(33)25(20-8-3-2-4-9-20)28(34)32-24-15-13-21(14-16-24)26(29)30/h2-18,25H,1H3,(H3,29,30)(H,31,33)(H,32,34)/t18-,25-/m0/s1. The van der Waals surface area contributed by atoms with Crippen LogP contribution < -0.4 is 16.4 Å². The Hall–Kier alpha value is -4.45. The summed E-state index contributed by atoms with van der Waals surface area (Å²) in [5, 5.41) is 15.5. The number of hydrogen-bond donors (Lipinski definition) is 4. The lowest BCUT2D eigenvalue weighted by Gasteiger charge is -2.21. The fourth-order valence-electron chi connectivity index (χ4n) is 3.87. The largest absolute Gasteiger partial charge is 0.384 e. The molecule has 6 heteroatoms. The van der Waals surface area contributed by atoms with Crippen LogP contribution in [-0.2, 0) is 9.59 Å². The summed E-state index contributed by atoms with van der Waals surface area (Å²) in [6.45, 7) is 1.91. The second kappa shape index (κ2) is 10.0. The van der Waals surface area contributed by atoms with E-state index in [1.165, 1.54) is 0 Å². The van der Waals surface area contributed by atoms with Gasteiger partial charge in [0.15, 0.2) is 0 Å². The van der Waals surface area contributed by atoms with Gasteiger partial charge in [0.1, 0.15) is 11.8 Å². The lowest BCUT2D eigenvalue weighted by atomic mass is 9.95. The number of hydrogen-bond acceptors (Lipinski definition) is 3. The van der Waals surface area contributed by atoms with Gasteiger partial charge in [-0.3, -0.25) is 15.0 Å². The van der Waals surface area contributed by atoms with Crippen molar-refractivity contribution in [2.24, 2.45) is 5.73 Å². The molecule has 0 aliphatic carbocycles. The molecule has 0 spiro atoms. The number of rotatable bonds is 7. The molecule has 4 aromatic carbocycles. The molecule has 0 radical (unpaired) electrons. The number of nitrogens with two attached hydrogens (primary N) is 1. The van der Waals surface area contributed by atoms with Gasteiger partial charge in [0.25, 0.3) is 0 Å². The Morgan fingerprint density at radius 1 is 0.765 bits per heavy atom. The maximum atomic E-state index is 13.3. The maximum absolute atomic E-state index is 13.3. The number of nitrogen functional groups attached to an aromatic ring is 1. The van der Waals surface area contributed by atoms with Crippen molar-refractivity contribution in [1.82, 2.24) is 5.32 Å². The Bertz CT molecular complexity index is 1330. The normalized spacial score (nSPS) is 12.5. The van der Waals surface area contributed by atoms with Gasteiger partial charge in [0.05, 0.1) is 6.04 Å². The highest BCUT2D eigenvalue weighted by molar-refractivity contribution is 6.11. The van der Waals surface area contributed by atoms with Crippen LogP contribution in [0.15, 0.2) is 97.1 Å². The monoisotopic (exact) mass is 450 g/mol. The van der Waals surface area contributed by atoms with Crippen molar-refractivity contribution < 1.29 is 9.59 Å². The fraction of sp³-hybridized carbons (Fsp3) is 0.107. The molecule has 0 aliphatic rings. The van der Waals surface area contributed by atoms with Gasteiger partial charge < -0.3 is 16.4 Å². The molecule has 2 atom stereocenters. The van der Waals surface area contributed by atoms with Gasteiger partial charge in [-0.25, -0.2) is 0 Å². The number of amides is 2. The number of carbonyl (C=O) groups excluding carboxylic acids is 2. The van der Waals surface area contributed by atoms with Crippen molar-refractivity contribution in [3.05, 3.63) is 114 Å². The third kappa shape index (κ3) is 5.13. The highest BCUT2D eigenvalue weighted by Gasteiger charge is 2.29. The maximum Gasteiger partial charge on any atom is 0.241 e. The van der Waals surface area contributed by atoms with Gasteiger partial charge >= 0.3 is 0 Å². The quantitative estimate of drug-likeness (QED) is 0.186. The zero-order valence-electron chi connectivity index (χ0n) is 18.8. The van der Waals surface area contributed by atoms with E-state index in [2.05, 4.69) is 16.7 Å². The van der Waals surface area contributed by atoms with Crippen LogP contribution in [0.25, 0.3) is 10.8 Å². The van der Waals surface area contributed by atoms with E-state index in [9.17, 15) is 9.59 Å². The highest BCUT2D eigenvalue weighted by Crippen LogP contribution is 2.23. The molecule has 0 unspecified atom stereocenters. The molecule has 34 heavy (non-hydrogen) atoms. The molecule has 0 heterocycles. The second-order valence-electron chi connectivity index (χ2n) is 8.16. The lowest BCUT2D eigenvalue weighted by Crippen LogP contribution is -2.37. The predicted molar refractivity (Wildman–Crippen MR) is 136 cm³/mol. The Morgan fingerprint density at radius 3 is 2.09 bits per heavy atom. The van der Waals surface area contributed by atoms with Crippen molar-refractivity contribution in [2.75, 3.05) is 5.32 Å². The average molecular weight is 451 g/mol. The minimum absolute atomic E-state index is 0.0536. The number of anilines is 1. The topological polar surface area (TPSA) is 108 Å². The van der Waals surface area contributed by atoms with E-state index in [1.54, 1.807) is 48.5 Å². The first kappa shape index (κ1) is 22.7. The van der Waals surface area contributed by atoms with Crippen LogP contribution in [0.3, 0.4) is 0 Å². The predicted octanol–water partition coefficient (Wildman–Crippen LogP) is 4.72. The van der Waals surface area contributed by atoms with E-state index in [-0.39, 0.29) is 17.8 Å². The molecule has 0 saturated heterocycles. The molecule has 4 rings (SSSR count). The summed E-state index contributed by atoms with van der Waals surface area (Å²) in [6.07, 6.45) is 0. The summed E-state index contributed by atoms with van der Waals surface area (Å²) >= 11 is 0. The van der Waals surface area contributed by atoms with Gasteiger partial charge in [0, 0.05) is 11.3 Å². The van der Waals surface area contributed by atoms with Crippen LogP contribution in [0.5, 0.6) is 0 Å². The minimum atomic E-state index is -1.03. The van der Waals surface area contributed by atoms with E-state index in [4.69, 9.17) is 11.1 Å². The molecule has 0 bridgehead atoms. The fourth-order valence-corrected chi connectivity index (χ4v) is 3.87. The molecule has 4 aromatic rings. The van der Waals surface area contributed by atoms with Crippen LogP contribution in [0.4, 0.5) is 5.69 Å². The molecule has 2 amide bonds. The number of fused-ring (bicyclic) bond motifs is 1. The zero-order valence-corrected chi connectivity index (χ0v) is 18.8. The summed E-state index contributed by atoms with van der Waals surface area (Å²) in [4.78, 5) is 26.6. The van der Waals surface area contributed by atoms with Crippen LogP contribution in [-0.4, -0.2) is 17.6 Å². The van der Waals surface area contributed by atoms with E-state index < -0.39 is 11.8 Å². The number of nitrogens with one attached hydrogen (secondary N) is 3. The van der Waals surface area contributed by atoms with Crippen molar-refractivity contribution >= 4 is 34.1 Å². The van der Waals surface area contributed by atoms with Crippen molar-refractivity contribution in [1.29, 1.82) is 5.41 Å². The molecule has 0 aliphatic heterocycles. The van der Waals surface area contributed by atoms with Crippen molar-refractivity contribution in [3.63, 3.8) is 0 Å². The summed E-state index contributed by atoms with van der Waals surface area (Å²) in [5.41, 5.74) is 8.13. The van der Waals surface area contributed by atoms with Crippen molar-refractivity contribution in [3.8, 4) is 0 Å². The minimum Gasteiger partial charge on any atom is -0.384 e. The van der Waals surface area contributed by atoms with Crippen LogP contribution in [0, 0.1) is 5.41 Å². The van der Waals surface area contributed by atoms with Crippen LogP contribution in [0.1, 0.15) is 35.6 Å². The van der Waals surface area contributed by atoms with Gasteiger partial charge in [-0.2, -0.15) is 0 Å². The molecule has 0 fully saturated rings. The van der Waals surface area contributed by atoms with E-state index in [0.29, 0.717) is 16.8 Å². The first-order valence-corrected chi connectivity index (χ1v) is 11.0. The molecule has 0 saturated carbocycles. The number of amidine groups is 1. The summed E-state index contributed by atoms with van der Waals surface area (Å²) in [5.74, 6) is -1.91. The molecule has 5 N–H and O–H groups in total. The molecule has 6 nitrogen and oxygen atoms in total. The first-order chi connectivity index (χ1) is 16.4. The Kier molecular flexibility index (Phi) is 6.69. The van der Waals surface area contributed by atoms with E-state index >= 15 is 0 Å². The summed E-state index contributed by atoms with van der Waals surface area (Å²) in [7, 11) is 0. The zero-order chi connectivity index (χ0) is 24.1. The smallest absolute Gasteiger partial charge is 0.241 e. The van der Waals surface area contributed by atoms with Gasteiger partial charge in [-0.1, -0.05) is 66.7 Å². The molecule has 170 valence electrons. The van der Waals surface area contributed by atoms with E-state index in [0.717, 1.165) is 16.3 Å².